The molecular formula is C12H8Cl2FN3O. The molecule has 0 aliphatic heterocycles. The van der Waals surface area contributed by atoms with Crippen LogP contribution in [-0.2, 0) is 0 Å². The van der Waals surface area contributed by atoms with Crippen LogP contribution in [0.1, 0.15) is 0 Å². The van der Waals surface area contributed by atoms with Crippen molar-refractivity contribution in [3.8, 4) is 5.75 Å². The maximum Gasteiger partial charge on any atom is 0.174 e. The molecule has 1 aromatic carbocycles. The van der Waals surface area contributed by atoms with Crippen LogP contribution in [0.3, 0.4) is 0 Å². The average Bonchev–Trinajstić information content (AvgIpc) is 2.40. The molecule has 2 rings (SSSR count). The molecular weight excluding hydrogens is 292 g/mol. The molecule has 98 valence electrons. The number of benzene rings is 1. The smallest absolute Gasteiger partial charge is 0.174 e. The summed E-state index contributed by atoms with van der Waals surface area (Å²) in [6.07, 6.45) is 1.43. The van der Waals surface area contributed by atoms with E-state index in [1.165, 1.54) is 19.4 Å². The highest BCUT2D eigenvalue weighted by atomic mass is 35.5. The van der Waals surface area contributed by atoms with E-state index in [-0.39, 0.29) is 10.7 Å². The van der Waals surface area contributed by atoms with Gasteiger partial charge >= 0.3 is 0 Å². The molecule has 0 unspecified atom stereocenters. The highest BCUT2D eigenvalue weighted by molar-refractivity contribution is 6.32. The second kappa shape index (κ2) is 5.95. The normalized spacial score (nSPS) is 10.9. The highest BCUT2D eigenvalue weighted by Gasteiger charge is 2.08. The van der Waals surface area contributed by atoms with Crippen molar-refractivity contribution in [3.05, 3.63) is 46.3 Å². The first-order valence-corrected chi connectivity index (χ1v) is 5.92. The zero-order valence-corrected chi connectivity index (χ0v) is 11.3. The summed E-state index contributed by atoms with van der Waals surface area (Å²) in [7, 11) is 1.43. The Bertz CT molecular complexity index is 617. The Morgan fingerprint density at radius 3 is 2.63 bits per heavy atom. The van der Waals surface area contributed by atoms with Gasteiger partial charge in [-0.3, -0.25) is 0 Å². The van der Waals surface area contributed by atoms with Gasteiger partial charge in [0.25, 0.3) is 0 Å². The van der Waals surface area contributed by atoms with E-state index in [1.54, 1.807) is 12.1 Å². The van der Waals surface area contributed by atoms with E-state index in [0.717, 1.165) is 6.07 Å². The number of rotatable bonds is 3. The first-order chi connectivity index (χ1) is 9.10. The number of methoxy groups -OCH3 is 1. The second-order valence-corrected chi connectivity index (χ2v) is 4.32. The van der Waals surface area contributed by atoms with Gasteiger partial charge in [0.05, 0.1) is 17.2 Å². The first-order valence-electron chi connectivity index (χ1n) is 5.16. The predicted octanol–water partition coefficient (Wildman–Crippen LogP) is 4.95. The molecule has 0 spiro atoms. The lowest BCUT2D eigenvalue weighted by Gasteiger charge is -2.04. The summed E-state index contributed by atoms with van der Waals surface area (Å²) in [5.41, 5.74) is 0.0120. The van der Waals surface area contributed by atoms with Crippen molar-refractivity contribution in [2.75, 3.05) is 7.11 Å². The summed E-state index contributed by atoms with van der Waals surface area (Å²) in [4.78, 5) is 3.91. The molecule has 19 heavy (non-hydrogen) atoms. The minimum absolute atomic E-state index is 0.0120. The number of pyridine rings is 1. The maximum absolute atomic E-state index is 13.6. The summed E-state index contributed by atoms with van der Waals surface area (Å²) < 4.78 is 18.6. The number of nitrogens with zero attached hydrogens (tertiary/aromatic N) is 3. The summed E-state index contributed by atoms with van der Waals surface area (Å²) in [6, 6.07) is 5.65. The quantitative estimate of drug-likeness (QED) is 0.753. The monoisotopic (exact) mass is 299 g/mol. The number of ether oxygens (including phenoxy) is 1. The minimum Gasteiger partial charge on any atom is -0.495 e. The standard InChI is InChI=1S/C12H8Cl2FN3O/c1-19-11-5-10(9(15)4-8(11)14)17-18-12-3-2-7(13)6-16-12/h2-6H,1H3. The molecule has 4 nitrogen and oxygen atoms in total. The molecule has 0 aliphatic carbocycles. The second-order valence-electron chi connectivity index (χ2n) is 3.47. The number of hydrogen-bond acceptors (Lipinski definition) is 4. The van der Waals surface area contributed by atoms with Crippen molar-refractivity contribution in [1.29, 1.82) is 0 Å². The lowest BCUT2D eigenvalue weighted by atomic mass is 10.3. The fourth-order valence-corrected chi connectivity index (χ4v) is 1.62. The molecule has 1 aromatic heterocycles. The Hall–Kier alpha value is -1.72. The molecule has 2 aromatic rings. The number of halogens is 3. The van der Waals surface area contributed by atoms with Gasteiger partial charge in [-0.05, 0) is 18.2 Å². The van der Waals surface area contributed by atoms with Crippen LogP contribution < -0.4 is 4.74 Å². The van der Waals surface area contributed by atoms with Crippen molar-refractivity contribution in [3.63, 3.8) is 0 Å². The first kappa shape index (κ1) is 13.7. The van der Waals surface area contributed by atoms with Gasteiger partial charge in [-0.2, -0.15) is 0 Å². The van der Waals surface area contributed by atoms with Gasteiger partial charge in [-0.1, -0.05) is 23.2 Å². The minimum atomic E-state index is -0.594. The van der Waals surface area contributed by atoms with E-state index in [0.29, 0.717) is 16.6 Å². The van der Waals surface area contributed by atoms with E-state index in [9.17, 15) is 4.39 Å². The van der Waals surface area contributed by atoms with Crippen molar-refractivity contribution < 1.29 is 9.13 Å². The molecule has 0 radical (unpaired) electrons. The lowest BCUT2D eigenvalue weighted by molar-refractivity contribution is 0.414. The van der Waals surface area contributed by atoms with Gasteiger partial charge in [-0.15, -0.1) is 10.2 Å². The molecule has 0 saturated carbocycles. The van der Waals surface area contributed by atoms with Gasteiger partial charge < -0.3 is 4.74 Å². The lowest BCUT2D eigenvalue weighted by Crippen LogP contribution is -1.85. The number of aromatic nitrogens is 1. The van der Waals surface area contributed by atoms with E-state index < -0.39 is 5.82 Å². The fourth-order valence-electron chi connectivity index (χ4n) is 1.28. The van der Waals surface area contributed by atoms with Gasteiger partial charge in [0.15, 0.2) is 11.6 Å². The van der Waals surface area contributed by atoms with Crippen LogP contribution in [0.4, 0.5) is 15.9 Å². The SMILES string of the molecule is COc1cc(N=Nc2ccc(Cl)cn2)c(F)cc1Cl. The average molecular weight is 300 g/mol. The zero-order chi connectivity index (χ0) is 13.8. The van der Waals surface area contributed by atoms with Gasteiger partial charge in [-0.25, -0.2) is 9.37 Å². The van der Waals surface area contributed by atoms with Crippen LogP contribution >= 0.6 is 23.2 Å². The van der Waals surface area contributed by atoms with Crippen LogP contribution in [0, 0.1) is 5.82 Å². The van der Waals surface area contributed by atoms with Crippen molar-refractivity contribution in [1.82, 2.24) is 4.98 Å². The van der Waals surface area contributed by atoms with E-state index in [4.69, 9.17) is 27.9 Å². The van der Waals surface area contributed by atoms with Crippen molar-refractivity contribution >= 4 is 34.7 Å². The third-order valence-corrected chi connectivity index (χ3v) is 2.71. The molecule has 7 heteroatoms. The largest absolute Gasteiger partial charge is 0.495 e. The summed E-state index contributed by atoms with van der Waals surface area (Å²) >= 11 is 11.5. The Kier molecular flexibility index (Phi) is 4.29. The Labute approximate surface area is 118 Å². The Balaban J connectivity index is 2.30. The highest BCUT2D eigenvalue weighted by Crippen LogP contribution is 2.32. The molecule has 0 amide bonds. The van der Waals surface area contributed by atoms with Crippen LogP contribution in [0.5, 0.6) is 5.75 Å². The molecule has 0 atom stereocenters. The maximum atomic E-state index is 13.6. The van der Waals surface area contributed by atoms with Crippen LogP contribution in [-0.4, -0.2) is 12.1 Å². The molecule has 1 heterocycles. The topological polar surface area (TPSA) is 46.8 Å². The van der Waals surface area contributed by atoms with E-state index in [2.05, 4.69) is 15.2 Å². The zero-order valence-electron chi connectivity index (χ0n) is 9.77. The van der Waals surface area contributed by atoms with Gasteiger partial charge in [0.1, 0.15) is 11.4 Å². The predicted molar refractivity (Wildman–Crippen MR) is 71.4 cm³/mol. The molecule has 0 aliphatic rings. The summed E-state index contributed by atoms with van der Waals surface area (Å²) in [5.74, 6) is 0.0438. The molecule has 0 fully saturated rings. The van der Waals surface area contributed by atoms with Crippen LogP contribution in [0.15, 0.2) is 40.7 Å². The summed E-state index contributed by atoms with van der Waals surface area (Å²) in [6.45, 7) is 0. The third kappa shape index (κ3) is 3.39. The van der Waals surface area contributed by atoms with Crippen molar-refractivity contribution in [2.45, 2.75) is 0 Å². The third-order valence-electron chi connectivity index (χ3n) is 2.19. The number of azo groups is 1. The van der Waals surface area contributed by atoms with Crippen LogP contribution in [0.25, 0.3) is 0 Å². The number of hydrogen-bond donors (Lipinski definition) is 0. The molecule has 0 bridgehead atoms. The molecule has 0 saturated heterocycles. The van der Waals surface area contributed by atoms with E-state index in [1.807, 2.05) is 0 Å². The molecule has 0 N–H and O–H groups in total. The van der Waals surface area contributed by atoms with Crippen molar-refractivity contribution in [2.24, 2.45) is 10.2 Å². The van der Waals surface area contributed by atoms with Crippen LogP contribution in [0.2, 0.25) is 10.0 Å². The van der Waals surface area contributed by atoms with Gasteiger partial charge in [0, 0.05) is 12.3 Å². The van der Waals surface area contributed by atoms with Gasteiger partial charge in [0.2, 0.25) is 0 Å². The van der Waals surface area contributed by atoms with E-state index >= 15 is 0 Å². The Morgan fingerprint density at radius 1 is 1.21 bits per heavy atom. The summed E-state index contributed by atoms with van der Waals surface area (Å²) in [5, 5.41) is 8.22. The fraction of sp³-hybridized carbons (Fsp3) is 0.0833. The Morgan fingerprint density at radius 2 is 2.00 bits per heavy atom.